The van der Waals surface area contributed by atoms with E-state index < -0.39 is 0 Å². The van der Waals surface area contributed by atoms with E-state index >= 15 is 0 Å². The van der Waals surface area contributed by atoms with Gasteiger partial charge < -0.3 is 5.32 Å². The van der Waals surface area contributed by atoms with E-state index in [-0.39, 0.29) is 0 Å². The Labute approximate surface area is 102 Å². The molecule has 1 N–H and O–H groups in total. The maximum absolute atomic E-state index is 6.05. The molecule has 0 aliphatic rings. The van der Waals surface area contributed by atoms with Gasteiger partial charge in [-0.15, -0.1) is 11.8 Å². The van der Waals surface area contributed by atoms with Gasteiger partial charge in [0.25, 0.3) is 0 Å². The fraction of sp³-hybridized carbons (Fsp3) is 0.500. The molecule has 1 aromatic rings. The molecule has 0 aromatic heterocycles. The molecule has 0 amide bonds. The van der Waals surface area contributed by atoms with Crippen LogP contribution in [0.15, 0.2) is 29.2 Å². The maximum Gasteiger partial charge on any atom is 0.0541 e. The molecule has 1 rings (SSSR count). The van der Waals surface area contributed by atoms with E-state index in [1.807, 2.05) is 18.2 Å². The van der Waals surface area contributed by atoms with Crippen molar-refractivity contribution in [2.45, 2.75) is 31.2 Å². The van der Waals surface area contributed by atoms with Gasteiger partial charge >= 0.3 is 0 Å². The molecule has 0 spiro atoms. The monoisotopic (exact) mass is 243 g/mol. The molecular formula is C12H18ClNS. The summed E-state index contributed by atoms with van der Waals surface area (Å²) in [6, 6.07) is 8.60. The molecule has 0 aliphatic carbocycles. The first-order valence-electron chi connectivity index (χ1n) is 5.34. The van der Waals surface area contributed by atoms with Crippen molar-refractivity contribution in [3.8, 4) is 0 Å². The van der Waals surface area contributed by atoms with Crippen LogP contribution in [-0.2, 0) is 0 Å². The second-order valence-electron chi connectivity index (χ2n) is 3.54. The third-order valence-electron chi connectivity index (χ3n) is 2.30. The van der Waals surface area contributed by atoms with E-state index in [1.54, 1.807) is 11.8 Å². The van der Waals surface area contributed by atoms with Crippen LogP contribution in [0.4, 0.5) is 0 Å². The minimum atomic E-state index is 0.608. The third kappa shape index (κ3) is 4.92. The van der Waals surface area contributed by atoms with Gasteiger partial charge in [-0.3, -0.25) is 0 Å². The van der Waals surface area contributed by atoms with Gasteiger partial charge in [0.05, 0.1) is 5.02 Å². The van der Waals surface area contributed by atoms with E-state index in [4.69, 9.17) is 11.6 Å². The summed E-state index contributed by atoms with van der Waals surface area (Å²) in [4.78, 5) is 1.17. The summed E-state index contributed by atoms with van der Waals surface area (Å²) in [6.07, 6.45) is 1.18. The number of nitrogens with one attached hydrogen (secondary N) is 1. The van der Waals surface area contributed by atoms with Gasteiger partial charge in [0.2, 0.25) is 0 Å². The van der Waals surface area contributed by atoms with E-state index in [0.29, 0.717) is 6.04 Å². The Kier molecular flexibility index (Phi) is 6.15. The lowest BCUT2D eigenvalue weighted by atomic mass is 10.3. The number of benzene rings is 1. The standard InChI is InChI=1S/C12H18ClNS/c1-3-10(2)14-8-9-15-12-7-5-4-6-11(12)13/h4-7,10,14H,3,8-9H2,1-2H3. The van der Waals surface area contributed by atoms with Gasteiger partial charge in [-0.05, 0) is 25.5 Å². The van der Waals surface area contributed by atoms with Crippen molar-refractivity contribution in [3.05, 3.63) is 29.3 Å². The number of rotatable bonds is 6. The Morgan fingerprint density at radius 3 is 2.80 bits per heavy atom. The average molecular weight is 244 g/mol. The summed E-state index contributed by atoms with van der Waals surface area (Å²) in [5.74, 6) is 1.06. The highest BCUT2D eigenvalue weighted by Crippen LogP contribution is 2.25. The van der Waals surface area contributed by atoms with Crippen molar-refractivity contribution >= 4 is 23.4 Å². The van der Waals surface area contributed by atoms with Crippen LogP contribution in [0.25, 0.3) is 0 Å². The molecule has 84 valence electrons. The van der Waals surface area contributed by atoms with Crippen LogP contribution in [0.2, 0.25) is 5.02 Å². The molecule has 1 atom stereocenters. The molecule has 15 heavy (non-hydrogen) atoms. The highest BCUT2D eigenvalue weighted by Gasteiger charge is 2.00. The molecule has 1 unspecified atom stereocenters. The molecule has 0 saturated heterocycles. The second kappa shape index (κ2) is 7.15. The van der Waals surface area contributed by atoms with Gasteiger partial charge in [0.15, 0.2) is 0 Å². The van der Waals surface area contributed by atoms with E-state index in [1.165, 1.54) is 11.3 Å². The number of hydrogen-bond donors (Lipinski definition) is 1. The predicted octanol–water partition coefficient (Wildman–Crippen LogP) is 3.82. The zero-order valence-electron chi connectivity index (χ0n) is 9.29. The normalized spacial score (nSPS) is 12.7. The Balaban J connectivity index is 2.23. The zero-order valence-corrected chi connectivity index (χ0v) is 10.9. The molecule has 0 aliphatic heterocycles. The van der Waals surface area contributed by atoms with Crippen molar-refractivity contribution in [1.29, 1.82) is 0 Å². The topological polar surface area (TPSA) is 12.0 Å². The molecule has 1 aromatic carbocycles. The third-order valence-corrected chi connectivity index (χ3v) is 3.82. The highest BCUT2D eigenvalue weighted by molar-refractivity contribution is 7.99. The van der Waals surface area contributed by atoms with Gasteiger partial charge in [0.1, 0.15) is 0 Å². The van der Waals surface area contributed by atoms with Crippen LogP contribution in [0.3, 0.4) is 0 Å². The van der Waals surface area contributed by atoms with Gasteiger partial charge in [0, 0.05) is 23.2 Å². The number of hydrogen-bond acceptors (Lipinski definition) is 2. The maximum atomic E-state index is 6.05. The first-order chi connectivity index (χ1) is 7.24. The van der Waals surface area contributed by atoms with E-state index in [0.717, 1.165) is 17.3 Å². The fourth-order valence-electron chi connectivity index (χ4n) is 1.17. The Morgan fingerprint density at radius 2 is 2.13 bits per heavy atom. The van der Waals surface area contributed by atoms with Crippen molar-refractivity contribution in [2.24, 2.45) is 0 Å². The van der Waals surface area contributed by atoms with Crippen LogP contribution in [0.1, 0.15) is 20.3 Å². The summed E-state index contributed by atoms with van der Waals surface area (Å²) >= 11 is 7.86. The quantitative estimate of drug-likeness (QED) is 0.602. The fourth-order valence-corrected chi connectivity index (χ4v) is 2.29. The van der Waals surface area contributed by atoms with Crippen LogP contribution in [-0.4, -0.2) is 18.3 Å². The predicted molar refractivity (Wildman–Crippen MR) is 69.9 cm³/mol. The molecule has 0 heterocycles. The van der Waals surface area contributed by atoms with E-state index in [2.05, 4.69) is 25.2 Å². The SMILES string of the molecule is CCC(C)NCCSc1ccccc1Cl. The smallest absolute Gasteiger partial charge is 0.0541 e. The zero-order chi connectivity index (χ0) is 11.1. The van der Waals surface area contributed by atoms with Gasteiger partial charge in [-0.1, -0.05) is 30.7 Å². The molecule has 3 heteroatoms. The molecule has 0 bridgehead atoms. The minimum Gasteiger partial charge on any atom is -0.313 e. The molecule has 0 radical (unpaired) electrons. The summed E-state index contributed by atoms with van der Waals surface area (Å²) in [6.45, 7) is 5.43. The van der Waals surface area contributed by atoms with Crippen LogP contribution in [0.5, 0.6) is 0 Å². The largest absolute Gasteiger partial charge is 0.313 e. The van der Waals surface area contributed by atoms with Crippen molar-refractivity contribution in [1.82, 2.24) is 5.32 Å². The molecule has 1 nitrogen and oxygen atoms in total. The summed E-state index contributed by atoms with van der Waals surface area (Å²) in [7, 11) is 0. The van der Waals surface area contributed by atoms with Gasteiger partial charge in [-0.25, -0.2) is 0 Å². The lowest BCUT2D eigenvalue weighted by Gasteiger charge is -2.10. The molecule has 0 fully saturated rings. The minimum absolute atomic E-state index is 0.608. The Hall–Kier alpha value is -0.180. The highest BCUT2D eigenvalue weighted by atomic mass is 35.5. The number of thioether (sulfide) groups is 1. The van der Waals surface area contributed by atoms with Crippen molar-refractivity contribution < 1.29 is 0 Å². The lowest BCUT2D eigenvalue weighted by Crippen LogP contribution is -2.27. The average Bonchev–Trinajstić information content (AvgIpc) is 2.26. The van der Waals surface area contributed by atoms with Crippen LogP contribution in [0, 0.1) is 0 Å². The Bertz CT molecular complexity index is 291. The first kappa shape index (κ1) is 12.9. The van der Waals surface area contributed by atoms with Crippen molar-refractivity contribution in [2.75, 3.05) is 12.3 Å². The summed E-state index contributed by atoms with van der Waals surface area (Å²) < 4.78 is 0. The molecular weight excluding hydrogens is 226 g/mol. The Morgan fingerprint density at radius 1 is 1.40 bits per heavy atom. The van der Waals surface area contributed by atoms with Crippen LogP contribution >= 0.6 is 23.4 Å². The van der Waals surface area contributed by atoms with E-state index in [9.17, 15) is 0 Å². The lowest BCUT2D eigenvalue weighted by molar-refractivity contribution is 0.555. The molecule has 0 saturated carbocycles. The van der Waals surface area contributed by atoms with Crippen LogP contribution < -0.4 is 5.32 Å². The first-order valence-corrected chi connectivity index (χ1v) is 6.71. The summed E-state index contributed by atoms with van der Waals surface area (Å²) in [5.41, 5.74) is 0. The number of halogens is 1. The second-order valence-corrected chi connectivity index (χ2v) is 5.09. The van der Waals surface area contributed by atoms with Gasteiger partial charge in [-0.2, -0.15) is 0 Å². The van der Waals surface area contributed by atoms with Crippen molar-refractivity contribution in [3.63, 3.8) is 0 Å². The summed E-state index contributed by atoms with van der Waals surface area (Å²) in [5, 5.41) is 4.31.